The molecule has 47 heavy (non-hydrogen) atoms. The molecule has 0 heterocycles. The van der Waals surface area contributed by atoms with Crippen LogP contribution in [0, 0.1) is 0 Å². The molecule has 280 valence electrons. The van der Waals surface area contributed by atoms with E-state index < -0.39 is 58.1 Å². The fourth-order valence-electron chi connectivity index (χ4n) is 2.78. The van der Waals surface area contributed by atoms with Gasteiger partial charge in [0, 0.05) is 0 Å². The lowest BCUT2D eigenvalue weighted by Crippen LogP contribution is -2.41. The van der Waals surface area contributed by atoms with Crippen molar-refractivity contribution in [2.24, 2.45) is 0 Å². The molecule has 0 saturated carbocycles. The van der Waals surface area contributed by atoms with E-state index in [2.05, 4.69) is 0 Å². The maximum Gasteiger partial charge on any atom is 0.311 e. The van der Waals surface area contributed by atoms with Crippen LogP contribution in [0.3, 0.4) is 0 Å². The number of ether oxygens (including phenoxy) is 4. The number of hydrogen-bond donors (Lipinski definition) is 0. The van der Waals surface area contributed by atoms with Gasteiger partial charge >= 0.3 is 11.9 Å². The molecule has 0 radical (unpaired) electrons. The highest BCUT2D eigenvalue weighted by atomic mass is 17.3. The van der Waals surface area contributed by atoms with E-state index in [4.69, 9.17) is 58.0 Å². The quantitative estimate of drug-likeness (QED) is 0.0563. The van der Waals surface area contributed by atoms with Crippen molar-refractivity contribution in [2.45, 2.75) is 183 Å². The second-order valence-corrected chi connectivity index (χ2v) is 16.0. The van der Waals surface area contributed by atoms with Gasteiger partial charge in [0.15, 0.2) is 0 Å². The Morgan fingerprint density at radius 3 is 1.06 bits per heavy atom. The van der Waals surface area contributed by atoms with Crippen LogP contribution in [-0.2, 0) is 67.6 Å². The summed E-state index contributed by atoms with van der Waals surface area (Å²) in [7, 11) is 0. The summed E-state index contributed by atoms with van der Waals surface area (Å²) in [6.07, 6.45) is -1.97. The summed E-state index contributed by atoms with van der Waals surface area (Å²) in [6.45, 7) is 30.2. The fourth-order valence-corrected chi connectivity index (χ4v) is 2.78. The van der Waals surface area contributed by atoms with Crippen molar-refractivity contribution < 1.29 is 67.6 Å². The zero-order valence-electron chi connectivity index (χ0n) is 32.0. The molecule has 0 aromatic rings. The van der Waals surface area contributed by atoms with Crippen LogP contribution in [0.4, 0.5) is 0 Å². The summed E-state index contributed by atoms with van der Waals surface area (Å²) >= 11 is 0. The third-order valence-corrected chi connectivity index (χ3v) is 4.85. The number of hydrogen-bond acceptors (Lipinski definition) is 14. The van der Waals surface area contributed by atoms with E-state index in [1.165, 1.54) is 13.8 Å². The molecular weight excluding hydrogens is 620 g/mol. The molecular formula is C33H64O14. The zero-order chi connectivity index (χ0) is 36.9. The monoisotopic (exact) mass is 684 g/mol. The Bertz CT molecular complexity index is 874. The standard InChI is InChI=1S/C33H64O14/c1-23(37-22-25(3)39-27(35)19-33(17,46-42-30(10,11)12)47-43-31(13,14)15)20-36-24(2)21-38-26(34)18-32(16,44-40-28(4,5)6)45-41-29(7,8)9/h23-25H,18-22H2,1-17H3. The molecule has 14 nitrogen and oxygen atoms in total. The SMILES string of the molecule is CC(COC(=O)CC(C)(OOC(C)(C)C)OOC(C)(C)C)OCC(C)OCC(C)OC(=O)CC(C)(OOC(C)(C)C)OOC(C)(C)C. The van der Waals surface area contributed by atoms with Crippen molar-refractivity contribution in [1.29, 1.82) is 0 Å². The van der Waals surface area contributed by atoms with Crippen LogP contribution in [0.5, 0.6) is 0 Å². The highest BCUT2D eigenvalue weighted by molar-refractivity contribution is 5.70. The molecule has 3 unspecified atom stereocenters. The van der Waals surface area contributed by atoms with E-state index in [1.54, 1.807) is 96.9 Å². The minimum Gasteiger partial charge on any atom is -0.463 e. The molecule has 0 N–H and O–H groups in total. The Labute approximate surface area is 282 Å². The third-order valence-electron chi connectivity index (χ3n) is 4.85. The van der Waals surface area contributed by atoms with E-state index in [0.29, 0.717) is 0 Å². The number of carbonyl (C=O) groups is 2. The number of carbonyl (C=O) groups excluding carboxylic acids is 2. The first-order valence-electron chi connectivity index (χ1n) is 16.1. The largest absolute Gasteiger partial charge is 0.463 e. The molecule has 3 atom stereocenters. The van der Waals surface area contributed by atoms with Crippen LogP contribution in [0.25, 0.3) is 0 Å². The predicted molar refractivity (Wildman–Crippen MR) is 171 cm³/mol. The topological polar surface area (TPSA) is 145 Å². The molecule has 0 aromatic carbocycles. The molecule has 0 bridgehead atoms. The van der Waals surface area contributed by atoms with Crippen LogP contribution in [-0.4, -0.2) is 84.0 Å². The summed E-state index contributed by atoms with van der Waals surface area (Å²) < 4.78 is 22.4. The lowest BCUT2D eigenvalue weighted by atomic mass is 10.2. The first-order valence-corrected chi connectivity index (χ1v) is 16.1. The maximum absolute atomic E-state index is 12.7. The van der Waals surface area contributed by atoms with Gasteiger partial charge in [-0.15, -0.1) is 0 Å². The summed E-state index contributed by atoms with van der Waals surface area (Å²) in [5.41, 5.74) is -2.60. The Morgan fingerprint density at radius 1 is 0.426 bits per heavy atom. The number of esters is 2. The van der Waals surface area contributed by atoms with Crippen molar-refractivity contribution in [3.63, 3.8) is 0 Å². The van der Waals surface area contributed by atoms with Gasteiger partial charge in [-0.05, 0) is 118 Å². The lowest BCUT2D eigenvalue weighted by molar-refractivity contribution is -0.535. The Hall–Kier alpha value is -1.46. The van der Waals surface area contributed by atoms with Crippen LogP contribution in [0.2, 0.25) is 0 Å². The molecule has 0 aliphatic carbocycles. The van der Waals surface area contributed by atoms with Crippen molar-refractivity contribution in [3.05, 3.63) is 0 Å². The third kappa shape index (κ3) is 26.1. The predicted octanol–water partition coefficient (Wildman–Crippen LogP) is 6.47. The molecule has 0 saturated heterocycles. The normalized spacial score (nSPS) is 15.7. The molecule has 0 aromatic heterocycles. The number of rotatable bonds is 21. The van der Waals surface area contributed by atoms with Crippen molar-refractivity contribution in [2.75, 3.05) is 19.8 Å². The molecule has 0 rings (SSSR count). The first-order chi connectivity index (χ1) is 21.0. The molecule has 14 heteroatoms. The van der Waals surface area contributed by atoms with Crippen molar-refractivity contribution in [1.82, 2.24) is 0 Å². The molecule has 0 spiro atoms. The van der Waals surface area contributed by atoms with E-state index in [1.807, 2.05) is 6.92 Å². The fraction of sp³-hybridized carbons (Fsp3) is 0.939. The minimum absolute atomic E-state index is 0.0172. The maximum atomic E-state index is 12.7. The van der Waals surface area contributed by atoms with Gasteiger partial charge in [-0.1, -0.05) is 0 Å². The average Bonchev–Trinajstić information content (AvgIpc) is 2.88. The van der Waals surface area contributed by atoms with Gasteiger partial charge in [0.05, 0.1) is 47.8 Å². The molecule has 0 aliphatic heterocycles. The summed E-state index contributed by atoms with van der Waals surface area (Å²) in [6, 6.07) is 0. The van der Waals surface area contributed by atoms with Gasteiger partial charge in [-0.2, -0.15) is 19.6 Å². The highest BCUT2D eigenvalue weighted by Crippen LogP contribution is 2.27. The van der Waals surface area contributed by atoms with Gasteiger partial charge in [0.1, 0.15) is 25.6 Å². The lowest BCUT2D eigenvalue weighted by Gasteiger charge is -2.32. The Kier molecular flexibility index (Phi) is 18.5. The Morgan fingerprint density at radius 2 is 0.723 bits per heavy atom. The van der Waals surface area contributed by atoms with E-state index >= 15 is 0 Å². The van der Waals surface area contributed by atoms with Gasteiger partial charge in [-0.25, -0.2) is 19.6 Å². The molecule has 0 fully saturated rings. The smallest absolute Gasteiger partial charge is 0.311 e. The van der Waals surface area contributed by atoms with Gasteiger partial charge in [0.25, 0.3) is 0 Å². The molecule has 0 amide bonds. The van der Waals surface area contributed by atoms with Crippen LogP contribution >= 0.6 is 0 Å². The van der Waals surface area contributed by atoms with Crippen molar-refractivity contribution >= 4 is 11.9 Å². The average molecular weight is 685 g/mol. The van der Waals surface area contributed by atoms with Crippen LogP contribution < -0.4 is 0 Å². The minimum atomic E-state index is -1.56. The summed E-state index contributed by atoms with van der Waals surface area (Å²) in [4.78, 5) is 68.6. The summed E-state index contributed by atoms with van der Waals surface area (Å²) in [5.74, 6) is -4.30. The molecule has 0 aliphatic rings. The van der Waals surface area contributed by atoms with Gasteiger partial charge < -0.3 is 18.9 Å². The van der Waals surface area contributed by atoms with E-state index in [0.717, 1.165) is 0 Å². The highest BCUT2D eigenvalue weighted by Gasteiger charge is 2.38. The van der Waals surface area contributed by atoms with Crippen molar-refractivity contribution in [3.8, 4) is 0 Å². The van der Waals surface area contributed by atoms with E-state index in [9.17, 15) is 9.59 Å². The van der Waals surface area contributed by atoms with Crippen LogP contribution in [0.1, 0.15) is 131 Å². The zero-order valence-corrected chi connectivity index (χ0v) is 32.0. The van der Waals surface area contributed by atoms with E-state index in [-0.39, 0.29) is 38.8 Å². The van der Waals surface area contributed by atoms with Crippen LogP contribution in [0.15, 0.2) is 0 Å². The second-order valence-electron chi connectivity index (χ2n) is 16.0. The summed E-state index contributed by atoms with van der Waals surface area (Å²) in [5, 5.41) is 0. The first kappa shape index (κ1) is 45.5. The second kappa shape index (κ2) is 19.1. The van der Waals surface area contributed by atoms with Gasteiger partial charge in [0.2, 0.25) is 11.6 Å². The van der Waals surface area contributed by atoms with Gasteiger partial charge in [-0.3, -0.25) is 9.59 Å². The Balaban J connectivity index is 4.74.